The number of H-pyrrole nitrogens is 1. The van der Waals surface area contributed by atoms with Crippen molar-refractivity contribution in [3.8, 4) is 11.3 Å². The quantitative estimate of drug-likeness (QED) is 0.489. The first-order valence-electron chi connectivity index (χ1n) is 8.59. The van der Waals surface area contributed by atoms with Crippen LogP contribution in [0.4, 0.5) is 0 Å². The van der Waals surface area contributed by atoms with Crippen LogP contribution >= 0.6 is 0 Å². The van der Waals surface area contributed by atoms with Crippen molar-refractivity contribution in [2.75, 3.05) is 6.61 Å². The van der Waals surface area contributed by atoms with Crippen LogP contribution in [0.15, 0.2) is 65.3 Å². The third-order valence-electron chi connectivity index (χ3n) is 4.35. The van der Waals surface area contributed by atoms with Gasteiger partial charge >= 0.3 is 0 Å². The van der Waals surface area contributed by atoms with E-state index >= 15 is 0 Å². The van der Waals surface area contributed by atoms with E-state index in [9.17, 15) is 9.90 Å². The molecule has 27 heavy (non-hydrogen) atoms. The molecule has 4 aromatic rings. The first-order valence-corrected chi connectivity index (χ1v) is 8.59. The van der Waals surface area contributed by atoms with Crippen LogP contribution in [-0.2, 0) is 6.42 Å². The van der Waals surface area contributed by atoms with Crippen molar-refractivity contribution in [2.45, 2.75) is 12.5 Å². The molecule has 2 aromatic heterocycles. The lowest BCUT2D eigenvalue weighted by Gasteiger charge is -2.15. The third kappa shape index (κ3) is 3.73. The molecule has 0 saturated heterocycles. The number of hydrogen-bond acceptors (Lipinski definition) is 5. The molecule has 0 unspecified atom stereocenters. The average Bonchev–Trinajstić information content (AvgIpc) is 3.37. The molecule has 3 N–H and O–H groups in total. The van der Waals surface area contributed by atoms with E-state index in [0.717, 1.165) is 22.0 Å². The molecular weight excluding hydrogens is 344 g/mol. The molecule has 0 aliphatic heterocycles. The van der Waals surface area contributed by atoms with Crippen LogP contribution in [-0.4, -0.2) is 39.0 Å². The number of benzene rings is 2. The molecule has 0 saturated carbocycles. The van der Waals surface area contributed by atoms with Crippen molar-refractivity contribution in [1.29, 1.82) is 0 Å². The fourth-order valence-corrected chi connectivity index (χ4v) is 2.93. The summed E-state index contributed by atoms with van der Waals surface area (Å²) in [6, 6.07) is 16.5. The Hall–Kier alpha value is -3.45. The normalized spacial score (nSPS) is 12.2. The summed E-state index contributed by atoms with van der Waals surface area (Å²) in [5, 5.41) is 24.1. The highest BCUT2D eigenvalue weighted by molar-refractivity contribution is 5.93. The highest BCUT2D eigenvalue weighted by atomic mass is 16.5. The lowest BCUT2D eigenvalue weighted by atomic mass is 10.1. The van der Waals surface area contributed by atoms with Crippen LogP contribution in [0.2, 0.25) is 0 Å². The molecule has 0 aliphatic rings. The molecule has 4 rings (SSSR count). The first kappa shape index (κ1) is 17.0. The smallest absolute Gasteiger partial charge is 0.273 e. The maximum Gasteiger partial charge on any atom is 0.273 e. The topological polar surface area (TPSA) is 104 Å². The van der Waals surface area contributed by atoms with Gasteiger partial charge in [0.15, 0.2) is 11.5 Å². The Morgan fingerprint density at radius 1 is 1.19 bits per heavy atom. The number of rotatable bonds is 6. The second kappa shape index (κ2) is 7.43. The predicted molar refractivity (Wildman–Crippen MR) is 100 cm³/mol. The fraction of sp³-hybridized carbons (Fsp3) is 0.150. The first-order chi connectivity index (χ1) is 13.2. The van der Waals surface area contributed by atoms with E-state index in [1.165, 1.54) is 0 Å². The van der Waals surface area contributed by atoms with Crippen LogP contribution in [0.5, 0.6) is 0 Å². The van der Waals surface area contributed by atoms with Gasteiger partial charge in [-0.2, -0.15) is 5.10 Å². The van der Waals surface area contributed by atoms with Crippen molar-refractivity contribution in [3.05, 3.63) is 72.1 Å². The van der Waals surface area contributed by atoms with Gasteiger partial charge in [0.25, 0.3) is 5.91 Å². The monoisotopic (exact) mass is 362 g/mol. The lowest BCUT2D eigenvalue weighted by molar-refractivity contribution is 0.0907. The Morgan fingerprint density at radius 2 is 2.04 bits per heavy atom. The van der Waals surface area contributed by atoms with Gasteiger partial charge in [0.2, 0.25) is 0 Å². The van der Waals surface area contributed by atoms with Crippen LogP contribution in [0.25, 0.3) is 22.2 Å². The fourth-order valence-electron chi connectivity index (χ4n) is 2.93. The molecule has 0 bridgehead atoms. The van der Waals surface area contributed by atoms with Crippen LogP contribution < -0.4 is 5.32 Å². The summed E-state index contributed by atoms with van der Waals surface area (Å²) in [4.78, 5) is 12.5. The lowest BCUT2D eigenvalue weighted by Crippen LogP contribution is -2.39. The summed E-state index contributed by atoms with van der Waals surface area (Å²) < 4.78 is 5.33. The summed E-state index contributed by atoms with van der Waals surface area (Å²) in [6.45, 7) is -0.164. The number of hydrogen-bond donors (Lipinski definition) is 3. The molecule has 7 heteroatoms. The maximum atomic E-state index is 12.5. The van der Waals surface area contributed by atoms with Crippen LogP contribution in [0.1, 0.15) is 16.1 Å². The van der Waals surface area contributed by atoms with E-state index in [2.05, 4.69) is 20.7 Å². The summed E-state index contributed by atoms with van der Waals surface area (Å²) in [5.74, 6) is 0.108. The van der Waals surface area contributed by atoms with E-state index in [-0.39, 0.29) is 18.2 Å². The molecule has 2 aromatic carbocycles. The van der Waals surface area contributed by atoms with Gasteiger partial charge in [-0.25, -0.2) is 0 Å². The Labute approximate surface area is 155 Å². The van der Waals surface area contributed by atoms with E-state index in [0.29, 0.717) is 12.2 Å². The number of aliphatic hydroxyl groups excluding tert-OH is 1. The molecule has 0 radical (unpaired) electrons. The molecule has 1 amide bonds. The second-order valence-electron chi connectivity index (χ2n) is 6.29. The molecule has 136 valence electrons. The molecular formula is C20H18N4O3. The predicted octanol–water partition coefficient (Wildman–Crippen LogP) is 2.55. The Morgan fingerprint density at radius 3 is 2.85 bits per heavy atom. The van der Waals surface area contributed by atoms with Gasteiger partial charge in [0.05, 0.1) is 24.4 Å². The molecule has 2 heterocycles. The van der Waals surface area contributed by atoms with Gasteiger partial charge in [-0.15, -0.1) is 0 Å². The standard InChI is InChI=1S/C20H18N4O3/c25-12-16(8-13-4-2-1-3-5-13)22-20(26)18-10-19(27-24-18)14-6-7-17-15(9-14)11-21-23-17/h1-7,9-11,16,25H,8,12H2,(H,21,23)(H,22,26)/t16-/m0/s1. The zero-order chi connectivity index (χ0) is 18.6. The molecule has 0 fully saturated rings. The van der Waals surface area contributed by atoms with Crippen molar-refractivity contribution in [3.63, 3.8) is 0 Å². The number of aliphatic hydroxyl groups is 1. The number of carbonyl (C=O) groups excluding carboxylic acids is 1. The zero-order valence-corrected chi connectivity index (χ0v) is 14.4. The van der Waals surface area contributed by atoms with Crippen molar-refractivity contribution < 1.29 is 14.4 Å². The molecule has 1 atom stereocenters. The maximum absolute atomic E-state index is 12.5. The van der Waals surface area contributed by atoms with E-state index < -0.39 is 6.04 Å². The van der Waals surface area contributed by atoms with Gasteiger partial charge < -0.3 is 14.9 Å². The van der Waals surface area contributed by atoms with Crippen LogP contribution in [0.3, 0.4) is 0 Å². The van der Waals surface area contributed by atoms with Crippen molar-refractivity contribution in [1.82, 2.24) is 20.7 Å². The number of aromatic nitrogens is 3. The van der Waals surface area contributed by atoms with Gasteiger partial charge in [-0.05, 0) is 30.2 Å². The molecule has 7 nitrogen and oxygen atoms in total. The SMILES string of the molecule is O=C(N[C@H](CO)Cc1ccccc1)c1cc(-c2ccc3[nH]ncc3c2)on1. The summed E-state index contributed by atoms with van der Waals surface area (Å²) in [6.07, 6.45) is 2.25. The van der Waals surface area contributed by atoms with Gasteiger partial charge in [-0.1, -0.05) is 35.5 Å². The number of aromatic amines is 1. The second-order valence-corrected chi connectivity index (χ2v) is 6.29. The summed E-state index contributed by atoms with van der Waals surface area (Å²) in [5.41, 5.74) is 2.93. The van der Waals surface area contributed by atoms with Gasteiger partial charge in [-0.3, -0.25) is 9.89 Å². The van der Waals surface area contributed by atoms with E-state index in [1.54, 1.807) is 12.3 Å². The summed E-state index contributed by atoms with van der Waals surface area (Å²) >= 11 is 0. The molecule has 0 aliphatic carbocycles. The van der Waals surface area contributed by atoms with Gasteiger partial charge in [0, 0.05) is 17.0 Å². The third-order valence-corrected chi connectivity index (χ3v) is 4.35. The summed E-state index contributed by atoms with van der Waals surface area (Å²) in [7, 11) is 0. The Bertz CT molecular complexity index is 1060. The largest absolute Gasteiger partial charge is 0.394 e. The Balaban J connectivity index is 1.47. The minimum atomic E-state index is -0.401. The number of fused-ring (bicyclic) bond motifs is 1. The minimum Gasteiger partial charge on any atom is -0.394 e. The number of nitrogens with one attached hydrogen (secondary N) is 2. The average molecular weight is 362 g/mol. The van der Waals surface area contributed by atoms with E-state index in [4.69, 9.17) is 4.52 Å². The Kier molecular flexibility index (Phi) is 4.67. The highest BCUT2D eigenvalue weighted by Gasteiger charge is 2.18. The zero-order valence-electron chi connectivity index (χ0n) is 14.4. The van der Waals surface area contributed by atoms with Crippen molar-refractivity contribution in [2.24, 2.45) is 0 Å². The van der Waals surface area contributed by atoms with Crippen molar-refractivity contribution >= 4 is 16.8 Å². The number of amides is 1. The van der Waals surface area contributed by atoms with Crippen LogP contribution in [0, 0.1) is 0 Å². The number of carbonyl (C=O) groups is 1. The minimum absolute atomic E-state index is 0.164. The molecule has 0 spiro atoms. The highest BCUT2D eigenvalue weighted by Crippen LogP contribution is 2.24. The number of nitrogens with zero attached hydrogens (tertiary/aromatic N) is 2. The van der Waals surface area contributed by atoms with E-state index in [1.807, 2.05) is 48.5 Å². The van der Waals surface area contributed by atoms with Gasteiger partial charge in [0.1, 0.15) is 0 Å².